The summed E-state index contributed by atoms with van der Waals surface area (Å²) in [5, 5.41) is 10.2. The maximum atomic E-state index is 12.0. The summed E-state index contributed by atoms with van der Waals surface area (Å²) in [6, 6.07) is 7.82. The molecule has 0 bridgehead atoms. The Bertz CT molecular complexity index is 930. The standard InChI is InChI=1S/C18H24N3O6P/c1-11-5-3-4-6-13(11)9-25-28(19)26-10-15-14(22)7-16(27-15)21-8-12(2)17(23)20-18(21)24/h3-6,8,14-16,22H,7,9-10,19H2,1-2H3,(H,20,23,24)/t14-,15+,16+,28?/m0/s1. The van der Waals surface area contributed by atoms with Crippen molar-refractivity contribution in [3.63, 3.8) is 0 Å². The zero-order chi connectivity index (χ0) is 20.3. The molecule has 1 aromatic carbocycles. The van der Waals surface area contributed by atoms with E-state index in [4.69, 9.17) is 19.3 Å². The van der Waals surface area contributed by atoms with Crippen LogP contribution in [-0.2, 0) is 20.4 Å². The monoisotopic (exact) mass is 409 g/mol. The van der Waals surface area contributed by atoms with Crippen LogP contribution in [0.4, 0.5) is 0 Å². The van der Waals surface area contributed by atoms with Gasteiger partial charge in [-0.15, -0.1) is 0 Å². The number of aryl methyl sites for hydroxylation is 2. The number of aromatic nitrogens is 2. The number of rotatable bonds is 7. The lowest BCUT2D eigenvalue weighted by Gasteiger charge is -2.18. The number of ether oxygens (including phenoxy) is 1. The van der Waals surface area contributed by atoms with E-state index in [0.29, 0.717) is 12.2 Å². The molecule has 3 rings (SSSR count). The number of nitrogens with two attached hydrogens (primary N) is 1. The van der Waals surface area contributed by atoms with E-state index in [2.05, 4.69) is 4.98 Å². The lowest BCUT2D eigenvalue weighted by molar-refractivity contribution is -0.0415. The Morgan fingerprint density at radius 3 is 2.79 bits per heavy atom. The molecule has 4 N–H and O–H groups in total. The lowest BCUT2D eigenvalue weighted by atomic mass is 10.1. The summed E-state index contributed by atoms with van der Waals surface area (Å²) in [6.07, 6.45) is -0.554. The Hall–Kier alpha value is -1.87. The van der Waals surface area contributed by atoms with E-state index in [1.54, 1.807) is 6.92 Å². The van der Waals surface area contributed by atoms with E-state index in [0.717, 1.165) is 11.1 Å². The number of aliphatic hydroxyl groups is 1. The molecule has 0 radical (unpaired) electrons. The fourth-order valence-corrected chi connectivity index (χ4v) is 3.56. The Morgan fingerprint density at radius 2 is 2.04 bits per heavy atom. The van der Waals surface area contributed by atoms with Crippen LogP contribution < -0.4 is 16.8 Å². The molecule has 1 aromatic heterocycles. The molecule has 0 aliphatic carbocycles. The topological polar surface area (TPSA) is 129 Å². The Balaban J connectivity index is 1.53. The lowest BCUT2D eigenvalue weighted by Crippen LogP contribution is -2.33. The molecule has 1 aliphatic rings. The summed E-state index contributed by atoms with van der Waals surface area (Å²) in [5.41, 5.74) is 7.36. The van der Waals surface area contributed by atoms with Gasteiger partial charge in [-0.1, -0.05) is 24.3 Å². The molecule has 2 aromatic rings. The second-order valence-electron chi connectivity index (χ2n) is 6.69. The number of nitrogens with zero attached hydrogens (tertiary/aromatic N) is 1. The minimum Gasteiger partial charge on any atom is -0.390 e. The van der Waals surface area contributed by atoms with E-state index in [9.17, 15) is 14.7 Å². The molecule has 4 atom stereocenters. The van der Waals surface area contributed by atoms with Gasteiger partial charge in [-0.05, 0) is 25.0 Å². The van der Waals surface area contributed by atoms with Gasteiger partial charge >= 0.3 is 5.69 Å². The summed E-state index contributed by atoms with van der Waals surface area (Å²) in [7, 11) is -1.64. The summed E-state index contributed by atoms with van der Waals surface area (Å²) in [5.74, 6) is 0. The van der Waals surface area contributed by atoms with Gasteiger partial charge in [-0.2, -0.15) is 0 Å². The zero-order valence-corrected chi connectivity index (χ0v) is 16.6. The third kappa shape index (κ3) is 4.94. The highest BCUT2D eigenvalue weighted by molar-refractivity contribution is 7.44. The van der Waals surface area contributed by atoms with Crippen LogP contribution in [0, 0.1) is 13.8 Å². The first-order valence-electron chi connectivity index (χ1n) is 8.86. The van der Waals surface area contributed by atoms with Crippen molar-refractivity contribution in [1.29, 1.82) is 0 Å². The van der Waals surface area contributed by atoms with E-state index in [1.807, 2.05) is 31.2 Å². The Labute approximate surface area is 163 Å². The Kier molecular flexibility index (Phi) is 6.77. The number of aromatic amines is 1. The summed E-state index contributed by atoms with van der Waals surface area (Å²) in [6.45, 7) is 3.94. The van der Waals surface area contributed by atoms with Crippen molar-refractivity contribution in [3.05, 3.63) is 68.0 Å². The van der Waals surface area contributed by atoms with Crippen LogP contribution in [-0.4, -0.2) is 33.5 Å². The predicted molar refractivity (Wildman–Crippen MR) is 104 cm³/mol. The first kappa shape index (κ1) is 20.9. The minimum absolute atomic E-state index is 0.0325. The van der Waals surface area contributed by atoms with Crippen molar-refractivity contribution in [2.24, 2.45) is 5.50 Å². The molecule has 0 amide bonds. The zero-order valence-electron chi connectivity index (χ0n) is 15.7. The van der Waals surface area contributed by atoms with Crippen molar-refractivity contribution in [3.8, 4) is 0 Å². The summed E-state index contributed by atoms with van der Waals surface area (Å²) < 4.78 is 18.1. The number of nitrogens with one attached hydrogen (secondary N) is 1. The molecule has 1 fully saturated rings. The van der Waals surface area contributed by atoms with E-state index in [1.165, 1.54) is 10.8 Å². The average Bonchev–Trinajstić information content (AvgIpc) is 3.02. The largest absolute Gasteiger partial charge is 0.390 e. The number of hydrogen-bond donors (Lipinski definition) is 3. The second kappa shape index (κ2) is 9.09. The molecule has 9 nitrogen and oxygen atoms in total. The first-order chi connectivity index (χ1) is 13.3. The maximum absolute atomic E-state index is 12.0. The van der Waals surface area contributed by atoms with Gasteiger partial charge in [0, 0.05) is 18.2 Å². The highest BCUT2D eigenvalue weighted by Gasteiger charge is 2.36. The van der Waals surface area contributed by atoms with Gasteiger partial charge in [-0.3, -0.25) is 19.8 Å². The number of aliphatic hydroxyl groups excluding tert-OH is 1. The first-order valence-corrected chi connectivity index (χ1v) is 10.1. The van der Waals surface area contributed by atoms with Gasteiger partial charge in [-0.25, -0.2) is 4.79 Å². The van der Waals surface area contributed by atoms with E-state index in [-0.39, 0.29) is 13.0 Å². The quantitative estimate of drug-likeness (QED) is 0.587. The van der Waals surface area contributed by atoms with Crippen molar-refractivity contribution >= 4 is 8.53 Å². The van der Waals surface area contributed by atoms with Gasteiger partial charge in [0.05, 0.1) is 19.3 Å². The fraction of sp³-hybridized carbons (Fsp3) is 0.444. The summed E-state index contributed by atoms with van der Waals surface area (Å²) in [4.78, 5) is 25.7. The normalized spacial score (nSPS) is 23.1. The van der Waals surface area contributed by atoms with Gasteiger partial charge in [0.25, 0.3) is 14.1 Å². The summed E-state index contributed by atoms with van der Waals surface area (Å²) >= 11 is 0. The number of H-pyrrole nitrogens is 1. The number of hydrogen-bond acceptors (Lipinski definition) is 7. The maximum Gasteiger partial charge on any atom is 0.330 e. The fourth-order valence-electron chi connectivity index (χ4n) is 2.93. The van der Waals surface area contributed by atoms with E-state index < -0.39 is 38.2 Å². The van der Waals surface area contributed by atoms with Crippen LogP contribution >= 0.6 is 8.53 Å². The van der Waals surface area contributed by atoms with Crippen LogP contribution in [0.1, 0.15) is 29.3 Å². The average molecular weight is 409 g/mol. The number of benzene rings is 1. The van der Waals surface area contributed by atoms with Gasteiger partial charge in [0.2, 0.25) is 0 Å². The molecule has 0 spiro atoms. The molecule has 28 heavy (non-hydrogen) atoms. The minimum atomic E-state index is -1.64. The third-order valence-electron chi connectivity index (χ3n) is 4.63. The van der Waals surface area contributed by atoms with Crippen LogP contribution in [0.3, 0.4) is 0 Å². The van der Waals surface area contributed by atoms with Crippen molar-refractivity contribution in [2.45, 2.75) is 45.3 Å². The van der Waals surface area contributed by atoms with Crippen LogP contribution in [0.25, 0.3) is 0 Å². The molecular weight excluding hydrogens is 385 g/mol. The smallest absolute Gasteiger partial charge is 0.330 e. The van der Waals surface area contributed by atoms with E-state index >= 15 is 0 Å². The SMILES string of the molecule is Cc1ccccc1COP(N)OC[C@H]1O[C@@H](n2cc(C)c(=O)[nH]c2=O)C[C@@H]1O. The molecule has 0 saturated carbocycles. The second-order valence-corrected chi connectivity index (χ2v) is 7.78. The highest BCUT2D eigenvalue weighted by Crippen LogP contribution is 2.34. The molecule has 1 unspecified atom stereocenters. The molecule has 152 valence electrons. The molecule has 10 heteroatoms. The van der Waals surface area contributed by atoms with Crippen molar-refractivity contribution < 1.29 is 18.9 Å². The molecule has 1 saturated heterocycles. The van der Waals surface area contributed by atoms with Crippen LogP contribution in [0.15, 0.2) is 40.1 Å². The van der Waals surface area contributed by atoms with Crippen LogP contribution in [0.2, 0.25) is 0 Å². The molecular formula is C18H24N3O6P. The predicted octanol–water partition coefficient (Wildman–Crippen LogP) is 1.22. The van der Waals surface area contributed by atoms with Crippen LogP contribution in [0.5, 0.6) is 0 Å². The van der Waals surface area contributed by atoms with Gasteiger partial charge in [0.1, 0.15) is 12.3 Å². The molecule has 1 aliphatic heterocycles. The third-order valence-corrected chi connectivity index (χ3v) is 5.42. The van der Waals surface area contributed by atoms with Gasteiger partial charge < -0.3 is 18.9 Å². The molecule has 2 heterocycles. The Morgan fingerprint density at radius 1 is 1.29 bits per heavy atom. The van der Waals surface area contributed by atoms with Crippen molar-refractivity contribution in [1.82, 2.24) is 9.55 Å². The van der Waals surface area contributed by atoms with Gasteiger partial charge in [0.15, 0.2) is 0 Å². The van der Waals surface area contributed by atoms with Crippen molar-refractivity contribution in [2.75, 3.05) is 6.61 Å². The highest BCUT2D eigenvalue weighted by atomic mass is 31.2.